The normalized spacial score (nSPS) is 32.2. The molecule has 4 heteroatoms. The van der Waals surface area contributed by atoms with Gasteiger partial charge < -0.3 is 0 Å². The highest BCUT2D eigenvalue weighted by Gasteiger charge is 2.48. The molecule has 1 saturated carbocycles. The van der Waals surface area contributed by atoms with Gasteiger partial charge in [0, 0.05) is 19.5 Å². The van der Waals surface area contributed by atoms with Gasteiger partial charge in [-0.1, -0.05) is 0 Å². The molecule has 0 bridgehead atoms. The maximum Gasteiger partial charge on any atom is 0.261 e. The standard InChI is InChI=1S/C8H12F3N/c9-7(1-2-7)5-12-4-3-8(10,11)6-12/h1-6H2. The van der Waals surface area contributed by atoms with Crippen molar-refractivity contribution in [3.05, 3.63) is 0 Å². The number of nitrogens with zero attached hydrogens (tertiary/aromatic N) is 1. The molecule has 0 N–H and O–H groups in total. The fraction of sp³-hybridized carbons (Fsp3) is 1.00. The third kappa shape index (κ3) is 1.73. The van der Waals surface area contributed by atoms with E-state index in [1.807, 2.05) is 0 Å². The Morgan fingerprint density at radius 3 is 2.17 bits per heavy atom. The Hall–Kier alpha value is -0.250. The van der Waals surface area contributed by atoms with Crippen LogP contribution in [-0.4, -0.2) is 36.1 Å². The SMILES string of the molecule is FC1(F)CCN(CC2(F)CC2)C1. The van der Waals surface area contributed by atoms with Gasteiger partial charge in [-0.2, -0.15) is 0 Å². The number of rotatable bonds is 2. The van der Waals surface area contributed by atoms with E-state index >= 15 is 0 Å². The molecule has 0 aromatic carbocycles. The smallest absolute Gasteiger partial charge is 0.261 e. The number of halogens is 3. The van der Waals surface area contributed by atoms with Crippen LogP contribution in [-0.2, 0) is 0 Å². The second kappa shape index (κ2) is 2.37. The Balaban J connectivity index is 1.84. The molecule has 12 heavy (non-hydrogen) atoms. The summed E-state index contributed by atoms with van der Waals surface area (Å²) < 4.78 is 38.4. The first kappa shape index (κ1) is 8.35. The third-order valence-electron chi connectivity index (χ3n) is 2.55. The van der Waals surface area contributed by atoms with Crippen molar-refractivity contribution in [2.24, 2.45) is 0 Å². The van der Waals surface area contributed by atoms with Gasteiger partial charge in [0.1, 0.15) is 5.67 Å². The second-order valence-corrected chi connectivity index (χ2v) is 3.97. The minimum absolute atomic E-state index is 0.108. The largest absolute Gasteiger partial charge is 0.294 e. The fourth-order valence-electron chi connectivity index (χ4n) is 1.64. The number of hydrogen-bond donors (Lipinski definition) is 0. The number of alkyl halides is 3. The van der Waals surface area contributed by atoms with Gasteiger partial charge in [0.05, 0.1) is 6.54 Å². The van der Waals surface area contributed by atoms with Crippen LogP contribution in [0, 0.1) is 0 Å². The Kier molecular flexibility index (Phi) is 1.65. The predicted octanol–water partition coefficient (Wildman–Crippen LogP) is 1.83. The Morgan fingerprint density at radius 1 is 1.08 bits per heavy atom. The zero-order chi connectivity index (χ0) is 8.82. The topological polar surface area (TPSA) is 3.24 Å². The van der Waals surface area contributed by atoms with Gasteiger partial charge in [-0.3, -0.25) is 4.90 Å². The number of likely N-dealkylation sites (tertiary alicyclic amines) is 1. The quantitative estimate of drug-likeness (QED) is 0.625. The van der Waals surface area contributed by atoms with Gasteiger partial charge in [-0.05, 0) is 12.8 Å². The minimum Gasteiger partial charge on any atom is -0.294 e. The minimum atomic E-state index is -2.58. The fourth-order valence-corrected chi connectivity index (χ4v) is 1.64. The molecule has 70 valence electrons. The summed E-state index contributed by atoms with van der Waals surface area (Å²) in [6, 6.07) is 0. The van der Waals surface area contributed by atoms with Crippen LogP contribution >= 0.6 is 0 Å². The summed E-state index contributed by atoms with van der Waals surface area (Å²) in [5.41, 5.74) is -1.12. The summed E-state index contributed by atoms with van der Waals surface area (Å²) in [5, 5.41) is 0. The van der Waals surface area contributed by atoms with Crippen LogP contribution in [0.4, 0.5) is 13.2 Å². The van der Waals surface area contributed by atoms with Crippen molar-refractivity contribution in [3.8, 4) is 0 Å². The molecule has 2 rings (SSSR count). The van der Waals surface area contributed by atoms with Gasteiger partial charge in [0.15, 0.2) is 0 Å². The molecule has 0 spiro atoms. The molecule has 0 radical (unpaired) electrons. The van der Waals surface area contributed by atoms with Gasteiger partial charge in [-0.25, -0.2) is 13.2 Å². The molecule has 2 aliphatic rings. The highest BCUT2D eigenvalue weighted by Crippen LogP contribution is 2.41. The molecule has 0 aromatic heterocycles. The zero-order valence-electron chi connectivity index (χ0n) is 6.82. The molecule has 1 saturated heterocycles. The van der Waals surface area contributed by atoms with Crippen molar-refractivity contribution in [2.45, 2.75) is 30.9 Å². The average molecular weight is 179 g/mol. The highest BCUT2D eigenvalue weighted by atomic mass is 19.3. The molecule has 1 aliphatic heterocycles. The summed E-state index contributed by atoms with van der Waals surface area (Å²) in [6.07, 6.45) is 0.993. The lowest BCUT2D eigenvalue weighted by Crippen LogP contribution is -2.31. The molecule has 0 atom stereocenters. The van der Waals surface area contributed by atoms with E-state index in [-0.39, 0.29) is 19.5 Å². The average Bonchev–Trinajstić information content (AvgIpc) is 2.53. The lowest BCUT2D eigenvalue weighted by molar-refractivity contribution is 0.00961. The van der Waals surface area contributed by atoms with Crippen molar-refractivity contribution in [3.63, 3.8) is 0 Å². The molecule has 0 amide bonds. The van der Waals surface area contributed by atoms with Gasteiger partial charge in [0.2, 0.25) is 0 Å². The zero-order valence-corrected chi connectivity index (χ0v) is 6.82. The van der Waals surface area contributed by atoms with Crippen molar-refractivity contribution in [2.75, 3.05) is 19.6 Å². The van der Waals surface area contributed by atoms with Crippen molar-refractivity contribution >= 4 is 0 Å². The van der Waals surface area contributed by atoms with Crippen LogP contribution in [0.15, 0.2) is 0 Å². The van der Waals surface area contributed by atoms with Crippen LogP contribution in [0.3, 0.4) is 0 Å². The maximum atomic E-state index is 13.1. The molecule has 1 aliphatic carbocycles. The molecule has 1 heterocycles. The lowest BCUT2D eigenvalue weighted by Gasteiger charge is -2.17. The summed E-state index contributed by atoms with van der Waals surface area (Å²) in [7, 11) is 0. The molecular formula is C8H12F3N. The van der Waals surface area contributed by atoms with E-state index in [0.29, 0.717) is 19.4 Å². The van der Waals surface area contributed by atoms with E-state index in [9.17, 15) is 13.2 Å². The maximum absolute atomic E-state index is 13.1. The van der Waals surface area contributed by atoms with E-state index in [1.54, 1.807) is 0 Å². The number of hydrogen-bond acceptors (Lipinski definition) is 1. The van der Waals surface area contributed by atoms with Crippen LogP contribution in [0.2, 0.25) is 0 Å². The second-order valence-electron chi connectivity index (χ2n) is 3.97. The Morgan fingerprint density at radius 2 is 1.75 bits per heavy atom. The highest BCUT2D eigenvalue weighted by molar-refractivity contribution is 4.98. The third-order valence-corrected chi connectivity index (χ3v) is 2.55. The van der Waals surface area contributed by atoms with E-state index in [0.717, 1.165) is 0 Å². The van der Waals surface area contributed by atoms with E-state index in [1.165, 1.54) is 4.90 Å². The summed E-state index contributed by atoms with van der Waals surface area (Å²) in [6.45, 7) is 0.305. The van der Waals surface area contributed by atoms with Gasteiger partial charge in [0.25, 0.3) is 5.92 Å². The van der Waals surface area contributed by atoms with E-state index in [4.69, 9.17) is 0 Å². The van der Waals surface area contributed by atoms with E-state index < -0.39 is 11.6 Å². The summed E-state index contributed by atoms with van der Waals surface area (Å²) in [5.74, 6) is -2.58. The van der Waals surface area contributed by atoms with Crippen LogP contribution in [0.1, 0.15) is 19.3 Å². The van der Waals surface area contributed by atoms with Crippen LogP contribution in [0.25, 0.3) is 0 Å². The van der Waals surface area contributed by atoms with E-state index in [2.05, 4.69) is 0 Å². The molecular weight excluding hydrogens is 167 g/mol. The Bertz CT molecular complexity index is 189. The van der Waals surface area contributed by atoms with Crippen molar-refractivity contribution in [1.29, 1.82) is 0 Å². The van der Waals surface area contributed by atoms with Gasteiger partial charge in [-0.15, -0.1) is 0 Å². The predicted molar refractivity (Wildman–Crippen MR) is 39.1 cm³/mol. The summed E-state index contributed by atoms with van der Waals surface area (Å²) >= 11 is 0. The first-order chi connectivity index (χ1) is 5.49. The Labute approximate surface area is 69.5 Å². The van der Waals surface area contributed by atoms with Crippen molar-refractivity contribution < 1.29 is 13.2 Å². The monoisotopic (exact) mass is 179 g/mol. The molecule has 0 aromatic rings. The lowest BCUT2D eigenvalue weighted by atomic mass is 10.3. The molecule has 1 nitrogen and oxygen atoms in total. The van der Waals surface area contributed by atoms with Crippen molar-refractivity contribution in [1.82, 2.24) is 4.90 Å². The first-order valence-electron chi connectivity index (χ1n) is 4.28. The summed E-state index contributed by atoms with van der Waals surface area (Å²) in [4.78, 5) is 1.53. The molecule has 2 fully saturated rings. The van der Waals surface area contributed by atoms with Gasteiger partial charge >= 0.3 is 0 Å². The van der Waals surface area contributed by atoms with Crippen LogP contribution in [0.5, 0.6) is 0 Å². The van der Waals surface area contributed by atoms with Crippen LogP contribution < -0.4 is 0 Å². The first-order valence-corrected chi connectivity index (χ1v) is 4.28. The molecule has 0 unspecified atom stereocenters.